The molecule has 2 amide bonds. The monoisotopic (exact) mass is 339 g/mol. The van der Waals surface area contributed by atoms with Gasteiger partial charge in [0, 0.05) is 24.0 Å². The van der Waals surface area contributed by atoms with Crippen LogP contribution in [0.2, 0.25) is 0 Å². The number of esters is 1. The number of pyridine rings is 1. The molecule has 0 atom stereocenters. The van der Waals surface area contributed by atoms with Crippen LogP contribution in [0.3, 0.4) is 0 Å². The van der Waals surface area contributed by atoms with E-state index in [-0.39, 0.29) is 11.6 Å². The van der Waals surface area contributed by atoms with Crippen molar-refractivity contribution in [1.82, 2.24) is 10.3 Å². The summed E-state index contributed by atoms with van der Waals surface area (Å²) in [4.78, 5) is 39.7. The van der Waals surface area contributed by atoms with Gasteiger partial charge in [0.05, 0.1) is 12.7 Å². The summed E-state index contributed by atoms with van der Waals surface area (Å²) in [7, 11) is 1.28. The van der Waals surface area contributed by atoms with Gasteiger partial charge < -0.3 is 15.4 Å². The minimum Gasteiger partial charge on any atom is -0.465 e. The third-order valence-electron chi connectivity index (χ3n) is 3.20. The number of ether oxygens (including phenoxy) is 1. The number of amides is 2. The Hall–Kier alpha value is -3.48. The average Bonchev–Trinajstić information content (AvgIpc) is 2.65. The molecule has 1 heterocycles. The number of aromatic nitrogens is 1. The van der Waals surface area contributed by atoms with E-state index in [0.717, 1.165) is 0 Å². The van der Waals surface area contributed by atoms with Crippen LogP contribution < -0.4 is 10.6 Å². The number of rotatable bonds is 6. The number of benzene rings is 1. The van der Waals surface area contributed by atoms with Crippen molar-refractivity contribution >= 4 is 23.5 Å². The molecule has 0 aliphatic rings. The third kappa shape index (κ3) is 4.74. The molecular weight excluding hydrogens is 322 g/mol. The number of anilines is 1. The molecule has 0 aliphatic heterocycles. The molecule has 7 nitrogen and oxygen atoms in total. The molecular formula is C18H17N3O4. The van der Waals surface area contributed by atoms with E-state index in [0.29, 0.717) is 23.4 Å². The zero-order chi connectivity index (χ0) is 18.2. The lowest BCUT2D eigenvalue weighted by molar-refractivity contribution is 0.0600. The summed E-state index contributed by atoms with van der Waals surface area (Å²) in [6, 6.07) is 9.21. The maximum absolute atomic E-state index is 12.3. The molecule has 0 radical (unpaired) electrons. The van der Waals surface area contributed by atoms with Gasteiger partial charge in [0.1, 0.15) is 5.69 Å². The van der Waals surface area contributed by atoms with Gasteiger partial charge in [-0.3, -0.25) is 14.6 Å². The Balaban J connectivity index is 2.14. The second-order valence-electron chi connectivity index (χ2n) is 4.95. The minimum atomic E-state index is -0.505. The SMILES string of the molecule is C=CCNC(=O)c1ccnc(C(=O)Nc2cccc(C(=O)OC)c2)c1. The first-order valence-corrected chi connectivity index (χ1v) is 7.40. The maximum Gasteiger partial charge on any atom is 0.337 e. The smallest absolute Gasteiger partial charge is 0.337 e. The van der Waals surface area contributed by atoms with E-state index in [1.807, 2.05) is 0 Å². The molecule has 25 heavy (non-hydrogen) atoms. The second kappa shape index (κ2) is 8.39. The standard InChI is InChI=1S/C18H17N3O4/c1-3-8-20-16(22)12-7-9-19-15(11-12)17(23)21-14-6-4-5-13(10-14)18(24)25-2/h3-7,9-11H,1,8H2,2H3,(H,20,22)(H,21,23). The molecule has 0 aliphatic carbocycles. The van der Waals surface area contributed by atoms with E-state index in [1.165, 1.54) is 31.5 Å². The fraction of sp³-hybridized carbons (Fsp3) is 0.111. The lowest BCUT2D eigenvalue weighted by atomic mass is 10.2. The Bertz CT molecular complexity index is 817. The Morgan fingerprint density at radius 3 is 2.68 bits per heavy atom. The van der Waals surface area contributed by atoms with Crippen LogP contribution in [0.4, 0.5) is 5.69 Å². The lowest BCUT2D eigenvalue weighted by Crippen LogP contribution is -2.24. The molecule has 0 bridgehead atoms. The molecule has 2 N–H and O–H groups in total. The maximum atomic E-state index is 12.3. The molecule has 128 valence electrons. The summed E-state index contributed by atoms with van der Waals surface area (Å²) in [5, 5.41) is 5.25. The first kappa shape index (κ1) is 17.9. The number of nitrogens with zero attached hydrogens (tertiary/aromatic N) is 1. The molecule has 0 saturated heterocycles. The van der Waals surface area contributed by atoms with Gasteiger partial charge in [-0.1, -0.05) is 12.1 Å². The van der Waals surface area contributed by atoms with Gasteiger partial charge in [-0.25, -0.2) is 4.79 Å². The number of nitrogens with one attached hydrogen (secondary N) is 2. The summed E-state index contributed by atoms with van der Waals surface area (Å²) in [6.45, 7) is 3.84. The molecule has 2 rings (SSSR count). The van der Waals surface area contributed by atoms with Crippen LogP contribution in [0.15, 0.2) is 55.3 Å². The van der Waals surface area contributed by atoms with Crippen LogP contribution in [0.1, 0.15) is 31.2 Å². The number of hydrogen-bond acceptors (Lipinski definition) is 5. The van der Waals surface area contributed by atoms with Crippen LogP contribution in [-0.4, -0.2) is 36.4 Å². The van der Waals surface area contributed by atoms with Crippen molar-refractivity contribution in [3.05, 3.63) is 72.1 Å². The minimum absolute atomic E-state index is 0.0784. The van der Waals surface area contributed by atoms with Crippen LogP contribution in [-0.2, 0) is 4.74 Å². The van der Waals surface area contributed by atoms with Crippen LogP contribution in [0.25, 0.3) is 0 Å². The topological polar surface area (TPSA) is 97.4 Å². The molecule has 0 fully saturated rings. The van der Waals surface area contributed by atoms with E-state index < -0.39 is 11.9 Å². The molecule has 1 aromatic heterocycles. The average molecular weight is 339 g/mol. The fourth-order valence-corrected chi connectivity index (χ4v) is 2.00. The zero-order valence-corrected chi connectivity index (χ0v) is 13.6. The van der Waals surface area contributed by atoms with Crippen molar-refractivity contribution in [3.8, 4) is 0 Å². The van der Waals surface area contributed by atoms with Gasteiger partial charge in [0.25, 0.3) is 11.8 Å². The number of carbonyl (C=O) groups excluding carboxylic acids is 3. The van der Waals surface area contributed by atoms with Crippen molar-refractivity contribution in [2.75, 3.05) is 19.0 Å². The first-order chi connectivity index (χ1) is 12.0. The summed E-state index contributed by atoms with van der Waals surface area (Å²) < 4.78 is 4.64. The molecule has 0 spiro atoms. The summed E-state index contributed by atoms with van der Waals surface area (Å²) in [5.74, 6) is -1.33. The van der Waals surface area contributed by atoms with Crippen molar-refractivity contribution < 1.29 is 19.1 Å². The number of hydrogen-bond donors (Lipinski definition) is 2. The highest BCUT2D eigenvalue weighted by atomic mass is 16.5. The Labute approximate surface area is 144 Å². The van der Waals surface area contributed by atoms with E-state index >= 15 is 0 Å². The summed E-state index contributed by atoms with van der Waals surface area (Å²) >= 11 is 0. The van der Waals surface area contributed by atoms with Gasteiger partial charge in [-0.2, -0.15) is 0 Å². The van der Waals surface area contributed by atoms with E-state index in [1.54, 1.807) is 24.3 Å². The molecule has 0 saturated carbocycles. The molecule has 2 aromatic rings. The molecule has 7 heteroatoms. The number of carbonyl (C=O) groups is 3. The highest BCUT2D eigenvalue weighted by Crippen LogP contribution is 2.13. The van der Waals surface area contributed by atoms with Gasteiger partial charge in [0.15, 0.2) is 0 Å². The normalized spacial score (nSPS) is 9.80. The highest BCUT2D eigenvalue weighted by Gasteiger charge is 2.13. The van der Waals surface area contributed by atoms with Crippen LogP contribution >= 0.6 is 0 Å². The van der Waals surface area contributed by atoms with Gasteiger partial charge in [-0.15, -0.1) is 6.58 Å². The Kier molecular flexibility index (Phi) is 6.00. The predicted octanol–water partition coefficient (Wildman–Crippen LogP) is 2.04. The van der Waals surface area contributed by atoms with Gasteiger partial charge in [0.2, 0.25) is 0 Å². The van der Waals surface area contributed by atoms with E-state index in [4.69, 9.17) is 0 Å². The third-order valence-corrected chi connectivity index (χ3v) is 3.20. The van der Waals surface area contributed by atoms with E-state index in [2.05, 4.69) is 26.9 Å². The lowest BCUT2D eigenvalue weighted by Gasteiger charge is -2.07. The summed E-state index contributed by atoms with van der Waals surface area (Å²) in [5.41, 5.74) is 1.11. The van der Waals surface area contributed by atoms with Crippen molar-refractivity contribution in [2.45, 2.75) is 0 Å². The van der Waals surface area contributed by atoms with E-state index in [9.17, 15) is 14.4 Å². The highest BCUT2D eigenvalue weighted by molar-refractivity contribution is 6.05. The first-order valence-electron chi connectivity index (χ1n) is 7.40. The van der Waals surface area contributed by atoms with Crippen LogP contribution in [0.5, 0.6) is 0 Å². The van der Waals surface area contributed by atoms with Crippen molar-refractivity contribution in [1.29, 1.82) is 0 Å². The van der Waals surface area contributed by atoms with Gasteiger partial charge >= 0.3 is 5.97 Å². The van der Waals surface area contributed by atoms with Gasteiger partial charge in [-0.05, 0) is 30.3 Å². The zero-order valence-electron chi connectivity index (χ0n) is 13.6. The number of methoxy groups -OCH3 is 1. The Morgan fingerprint density at radius 2 is 1.96 bits per heavy atom. The fourth-order valence-electron chi connectivity index (χ4n) is 2.00. The predicted molar refractivity (Wildman–Crippen MR) is 92.5 cm³/mol. The summed E-state index contributed by atoms with van der Waals surface area (Å²) in [6.07, 6.45) is 2.93. The quantitative estimate of drug-likeness (QED) is 0.620. The molecule has 1 aromatic carbocycles. The van der Waals surface area contributed by atoms with Crippen molar-refractivity contribution in [3.63, 3.8) is 0 Å². The second-order valence-corrected chi connectivity index (χ2v) is 4.95. The van der Waals surface area contributed by atoms with Crippen LogP contribution in [0, 0.1) is 0 Å². The largest absolute Gasteiger partial charge is 0.465 e. The Morgan fingerprint density at radius 1 is 1.16 bits per heavy atom. The van der Waals surface area contributed by atoms with Crippen molar-refractivity contribution in [2.24, 2.45) is 0 Å². The molecule has 0 unspecified atom stereocenters.